The highest BCUT2D eigenvalue weighted by atomic mass is 16.5. The molecule has 0 amide bonds. The van der Waals surface area contributed by atoms with Crippen molar-refractivity contribution in [3.05, 3.63) is 29.8 Å². The van der Waals surface area contributed by atoms with E-state index in [0.29, 0.717) is 18.0 Å². The van der Waals surface area contributed by atoms with Gasteiger partial charge in [0.05, 0.1) is 13.2 Å². The van der Waals surface area contributed by atoms with Crippen LogP contribution in [-0.2, 0) is 4.74 Å². The van der Waals surface area contributed by atoms with E-state index in [1.165, 1.54) is 0 Å². The lowest BCUT2D eigenvalue weighted by Gasteiger charge is -2.15. The molecule has 136 valence electrons. The Morgan fingerprint density at radius 3 is 2.71 bits per heavy atom. The topological polar surface area (TPSA) is 60.0 Å². The first-order valence-corrected chi connectivity index (χ1v) is 8.50. The van der Waals surface area contributed by atoms with Gasteiger partial charge in [0, 0.05) is 13.2 Å². The van der Waals surface area contributed by atoms with Gasteiger partial charge in [0.15, 0.2) is 11.5 Å². The molecule has 0 saturated heterocycles. The molecule has 0 radical (unpaired) electrons. The molecule has 5 nitrogen and oxygen atoms in total. The fraction of sp³-hybridized carbons (Fsp3) is 0.579. The molecule has 0 spiro atoms. The lowest BCUT2D eigenvalue weighted by Crippen LogP contribution is -2.32. The Bertz CT molecular complexity index is 488. The van der Waals surface area contributed by atoms with Gasteiger partial charge >= 0.3 is 0 Å². The molecule has 2 N–H and O–H groups in total. The van der Waals surface area contributed by atoms with E-state index in [-0.39, 0.29) is 12.7 Å². The van der Waals surface area contributed by atoms with Crippen LogP contribution in [0.1, 0.15) is 32.8 Å². The van der Waals surface area contributed by atoms with E-state index in [1.54, 1.807) is 7.11 Å². The SMILES string of the molecule is CC=Cc1ccc(OCC(O)CNCCCOC(C)C)c(OC)c1. The minimum absolute atomic E-state index is 0.217. The van der Waals surface area contributed by atoms with Crippen molar-refractivity contribution in [3.8, 4) is 11.5 Å². The standard InChI is InChI=1S/C19H31NO4/c1-5-7-16-8-9-18(19(12-16)22-4)24-14-17(21)13-20-10-6-11-23-15(2)3/h5,7-9,12,15,17,20-21H,6,10-11,13-14H2,1-4H3. The van der Waals surface area contributed by atoms with Crippen molar-refractivity contribution in [2.45, 2.75) is 39.4 Å². The molecule has 0 heterocycles. The number of allylic oxidation sites excluding steroid dienone is 1. The smallest absolute Gasteiger partial charge is 0.161 e. The van der Waals surface area contributed by atoms with Gasteiger partial charge in [-0.05, 0) is 51.4 Å². The molecule has 0 fully saturated rings. The minimum Gasteiger partial charge on any atom is -0.493 e. The first-order chi connectivity index (χ1) is 11.6. The lowest BCUT2D eigenvalue weighted by atomic mass is 10.2. The molecule has 5 heteroatoms. The molecular formula is C19H31NO4. The Kier molecular flexibility index (Phi) is 10.2. The van der Waals surface area contributed by atoms with Crippen molar-refractivity contribution in [2.24, 2.45) is 0 Å². The van der Waals surface area contributed by atoms with Crippen LogP contribution < -0.4 is 14.8 Å². The van der Waals surface area contributed by atoms with E-state index in [2.05, 4.69) is 5.32 Å². The Labute approximate surface area is 145 Å². The molecule has 1 unspecified atom stereocenters. The van der Waals surface area contributed by atoms with Crippen molar-refractivity contribution in [1.82, 2.24) is 5.32 Å². The van der Waals surface area contributed by atoms with Crippen molar-refractivity contribution >= 4 is 6.08 Å². The van der Waals surface area contributed by atoms with Gasteiger partial charge in [-0.25, -0.2) is 0 Å². The average molecular weight is 337 g/mol. The quantitative estimate of drug-likeness (QED) is 0.574. The van der Waals surface area contributed by atoms with Crippen LogP contribution in [0.5, 0.6) is 11.5 Å². The molecular weight excluding hydrogens is 306 g/mol. The van der Waals surface area contributed by atoms with Crippen LogP contribution in [-0.4, -0.2) is 50.7 Å². The molecule has 0 saturated carbocycles. The van der Waals surface area contributed by atoms with E-state index in [1.807, 2.05) is 51.1 Å². The van der Waals surface area contributed by atoms with Crippen molar-refractivity contribution in [2.75, 3.05) is 33.4 Å². The number of benzene rings is 1. The third kappa shape index (κ3) is 8.34. The number of hydrogen-bond acceptors (Lipinski definition) is 5. The van der Waals surface area contributed by atoms with Crippen molar-refractivity contribution < 1.29 is 19.3 Å². The van der Waals surface area contributed by atoms with Crippen LogP contribution in [0.2, 0.25) is 0 Å². The zero-order valence-electron chi connectivity index (χ0n) is 15.2. The fourth-order valence-corrected chi connectivity index (χ4v) is 2.13. The predicted octanol–water partition coefficient (Wildman–Crippen LogP) is 2.87. The zero-order chi connectivity index (χ0) is 17.8. The minimum atomic E-state index is -0.573. The van der Waals surface area contributed by atoms with E-state index in [9.17, 15) is 5.11 Å². The summed E-state index contributed by atoms with van der Waals surface area (Å²) < 4.78 is 16.5. The van der Waals surface area contributed by atoms with Crippen molar-refractivity contribution in [1.29, 1.82) is 0 Å². The molecule has 24 heavy (non-hydrogen) atoms. The Hall–Kier alpha value is -1.56. The van der Waals surface area contributed by atoms with E-state index in [4.69, 9.17) is 14.2 Å². The van der Waals surface area contributed by atoms with Crippen LogP contribution in [0.3, 0.4) is 0 Å². The maximum absolute atomic E-state index is 9.99. The average Bonchev–Trinajstić information content (AvgIpc) is 2.56. The molecule has 1 aromatic rings. The van der Waals surface area contributed by atoms with Gasteiger partial charge in [-0.15, -0.1) is 0 Å². The highest BCUT2D eigenvalue weighted by Crippen LogP contribution is 2.28. The van der Waals surface area contributed by atoms with Gasteiger partial charge in [-0.3, -0.25) is 0 Å². The largest absolute Gasteiger partial charge is 0.493 e. The van der Waals surface area contributed by atoms with Crippen LogP contribution >= 0.6 is 0 Å². The van der Waals surface area contributed by atoms with Gasteiger partial charge in [0.2, 0.25) is 0 Å². The second kappa shape index (κ2) is 11.9. The highest BCUT2D eigenvalue weighted by Gasteiger charge is 2.09. The summed E-state index contributed by atoms with van der Waals surface area (Å²) >= 11 is 0. The second-order valence-corrected chi connectivity index (χ2v) is 5.85. The predicted molar refractivity (Wildman–Crippen MR) is 97.8 cm³/mol. The van der Waals surface area contributed by atoms with Crippen LogP contribution in [0.4, 0.5) is 0 Å². The third-order valence-corrected chi connectivity index (χ3v) is 3.31. The fourth-order valence-electron chi connectivity index (χ4n) is 2.13. The first-order valence-electron chi connectivity index (χ1n) is 8.50. The van der Waals surface area contributed by atoms with Gasteiger partial charge < -0.3 is 24.6 Å². The third-order valence-electron chi connectivity index (χ3n) is 3.31. The van der Waals surface area contributed by atoms with Crippen LogP contribution in [0.25, 0.3) is 6.08 Å². The van der Waals surface area contributed by atoms with E-state index < -0.39 is 6.10 Å². The van der Waals surface area contributed by atoms with E-state index in [0.717, 1.165) is 25.1 Å². The summed E-state index contributed by atoms with van der Waals surface area (Å²) in [4.78, 5) is 0. The Balaban J connectivity index is 2.30. The Morgan fingerprint density at radius 1 is 1.25 bits per heavy atom. The summed E-state index contributed by atoms with van der Waals surface area (Å²) in [5, 5.41) is 13.2. The molecule has 0 bridgehead atoms. The second-order valence-electron chi connectivity index (χ2n) is 5.85. The highest BCUT2D eigenvalue weighted by molar-refractivity contribution is 5.55. The van der Waals surface area contributed by atoms with Crippen molar-refractivity contribution in [3.63, 3.8) is 0 Å². The summed E-state index contributed by atoms with van der Waals surface area (Å²) in [5.74, 6) is 1.30. The van der Waals surface area contributed by atoms with Crippen LogP contribution in [0, 0.1) is 0 Å². The zero-order valence-corrected chi connectivity index (χ0v) is 15.2. The van der Waals surface area contributed by atoms with E-state index >= 15 is 0 Å². The molecule has 1 aromatic carbocycles. The summed E-state index contributed by atoms with van der Waals surface area (Å²) in [5.41, 5.74) is 1.05. The maximum atomic E-state index is 9.99. The lowest BCUT2D eigenvalue weighted by molar-refractivity contribution is 0.0748. The number of aliphatic hydroxyl groups excluding tert-OH is 1. The number of aliphatic hydroxyl groups is 1. The summed E-state index contributed by atoms with van der Waals surface area (Å²) in [6, 6.07) is 5.73. The number of hydrogen-bond donors (Lipinski definition) is 2. The molecule has 0 aliphatic rings. The Morgan fingerprint density at radius 2 is 2.04 bits per heavy atom. The molecule has 0 aliphatic carbocycles. The monoisotopic (exact) mass is 337 g/mol. The van der Waals surface area contributed by atoms with Crippen LogP contribution in [0.15, 0.2) is 24.3 Å². The van der Waals surface area contributed by atoms with Gasteiger partial charge in [0.1, 0.15) is 12.7 Å². The van der Waals surface area contributed by atoms with Gasteiger partial charge in [-0.2, -0.15) is 0 Å². The number of rotatable bonds is 12. The van der Waals surface area contributed by atoms with Gasteiger partial charge in [0.25, 0.3) is 0 Å². The molecule has 1 rings (SSSR count). The molecule has 1 atom stereocenters. The number of ether oxygens (including phenoxy) is 3. The normalized spacial score (nSPS) is 12.8. The summed E-state index contributed by atoms with van der Waals surface area (Å²) in [7, 11) is 1.61. The number of nitrogens with one attached hydrogen (secondary N) is 1. The summed E-state index contributed by atoms with van der Waals surface area (Å²) in [6.45, 7) is 8.25. The van der Waals surface area contributed by atoms with Gasteiger partial charge in [-0.1, -0.05) is 18.2 Å². The summed E-state index contributed by atoms with van der Waals surface area (Å²) in [6.07, 6.45) is 4.57. The maximum Gasteiger partial charge on any atom is 0.161 e. The molecule has 0 aromatic heterocycles. The number of methoxy groups -OCH3 is 1. The first kappa shape index (κ1) is 20.5. The molecule has 0 aliphatic heterocycles.